The Labute approximate surface area is 170 Å². The highest BCUT2D eigenvalue weighted by atomic mass is 32.1. The largest absolute Gasteiger partial charge is 0.432 e. The van der Waals surface area contributed by atoms with E-state index in [2.05, 4.69) is 17.1 Å². The van der Waals surface area contributed by atoms with Crippen molar-refractivity contribution in [2.45, 2.75) is 26.7 Å². The van der Waals surface area contributed by atoms with E-state index in [1.165, 1.54) is 6.92 Å². The normalized spacial score (nSPS) is 14.4. The van der Waals surface area contributed by atoms with Crippen LogP contribution in [0.15, 0.2) is 48.5 Å². The molecule has 0 atom stereocenters. The van der Waals surface area contributed by atoms with Gasteiger partial charge in [-0.25, -0.2) is 0 Å². The fourth-order valence-corrected chi connectivity index (χ4v) is 3.33. The number of nitrogens with zero attached hydrogens (tertiary/aromatic N) is 1. The number of thiocarbonyl (C=S) groups is 1. The Balaban J connectivity index is 1.62. The topological polar surface area (TPSA) is 58.6 Å². The number of ether oxygens (including phenoxy) is 1. The Bertz CT molecular complexity index is 872. The summed E-state index contributed by atoms with van der Waals surface area (Å²) in [5.74, 6) is 0.999. The molecule has 3 rings (SSSR count). The van der Waals surface area contributed by atoms with Gasteiger partial charge in [-0.3, -0.25) is 9.59 Å². The maximum absolute atomic E-state index is 12.5. The summed E-state index contributed by atoms with van der Waals surface area (Å²) >= 11 is 5.42. The maximum Gasteiger partial charge on any atom is 0.264 e. The molecule has 0 saturated carbocycles. The third-order valence-corrected chi connectivity index (χ3v) is 5.23. The number of hydrogen-bond donors (Lipinski definition) is 1. The number of carbonyl (C=O) groups is 2. The summed E-state index contributed by atoms with van der Waals surface area (Å²) in [4.78, 5) is 25.9. The Hall–Kier alpha value is -2.73. The first-order chi connectivity index (χ1) is 13.4. The first kappa shape index (κ1) is 20.0. The van der Waals surface area contributed by atoms with Crippen molar-refractivity contribution >= 4 is 34.8 Å². The van der Waals surface area contributed by atoms with E-state index in [1.54, 1.807) is 48.5 Å². The third-order valence-electron chi connectivity index (χ3n) is 4.89. The molecular formula is C22H24N2O3S. The van der Waals surface area contributed by atoms with Crippen molar-refractivity contribution in [3.63, 3.8) is 0 Å². The summed E-state index contributed by atoms with van der Waals surface area (Å²) in [6.45, 7) is 5.55. The molecule has 1 amide bonds. The van der Waals surface area contributed by atoms with Crippen molar-refractivity contribution in [1.82, 2.24) is 4.90 Å². The van der Waals surface area contributed by atoms with Crippen LogP contribution in [-0.2, 0) is 0 Å². The summed E-state index contributed by atoms with van der Waals surface area (Å²) in [7, 11) is 0. The van der Waals surface area contributed by atoms with Crippen molar-refractivity contribution < 1.29 is 14.3 Å². The molecule has 0 unspecified atom stereocenters. The fourth-order valence-electron chi connectivity index (χ4n) is 3.05. The van der Waals surface area contributed by atoms with Crippen LogP contribution in [0.1, 0.15) is 47.4 Å². The van der Waals surface area contributed by atoms with E-state index in [0.29, 0.717) is 27.7 Å². The standard InChI is InChI=1S/C22H24N2O3S/c1-15-10-12-24(13-11-15)22(28)27-20-5-3-4-18(14-20)21(26)23-19-8-6-17(7-9-19)16(2)25/h3-9,14-15H,10-13H2,1-2H3,(H,23,26). The number of piperidine rings is 1. The van der Waals surface area contributed by atoms with Crippen LogP contribution >= 0.6 is 12.2 Å². The van der Waals surface area contributed by atoms with Gasteiger partial charge in [-0.05, 0) is 80.4 Å². The first-order valence-electron chi connectivity index (χ1n) is 9.41. The van der Waals surface area contributed by atoms with Crippen LogP contribution < -0.4 is 10.1 Å². The second-order valence-corrected chi connectivity index (χ2v) is 7.50. The van der Waals surface area contributed by atoms with Crippen molar-refractivity contribution in [1.29, 1.82) is 0 Å². The molecule has 0 aliphatic carbocycles. The van der Waals surface area contributed by atoms with Crippen LogP contribution in [0.2, 0.25) is 0 Å². The maximum atomic E-state index is 12.5. The molecular weight excluding hydrogens is 372 g/mol. The van der Waals surface area contributed by atoms with Gasteiger partial charge < -0.3 is 15.0 Å². The van der Waals surface area contributed by atoms with Crippen LogP contribution in [0.4, 0.5) is 5.69 Å². The van der Waals surface area contributed by atoms with E-state index in [1.807, 2.05) is 0 Å². The van der Waals surface area contributed by atoms with Gasteiger partial charge in [0.15, 0.2) is 5.78 Å². The molecule has 0 spiro atoms. The third kappa shape index (κ3) is 5.16. The molecule has 1 saturated heterocycles. The van der Waals surface area contributed by atoms with E-state index in [-0.39, 0.29) is 11.7 Å². The van der Waals surface area contributed by atoms with Gasteiger partial charge in [-0.2, -0.15) is 0 Å². The Morgan fingerprint density at radius 3 is 2.39 bits per heavy atom. The Kier molecular flexibility index (Phi) is 6.41. The second kappa shape index (κ2) is 8.97. The predicted molar refractivity (Wildman–Crippen MR) is 114 cm³/mol. The monoisotopic (exact) mass is 396 g/mol. The zero-order chi connectivity index (χ0) is 20.1. The highest BCUT2D eigenvalue weighted by Gasteiger charge is 2.19. The zero-order valence-electron chi connectivity index (χ0n) is 16.1. The van der Waals surface area contributed by atoms with Crippen LogP contribution in [-0.4, -0.2) is 34.9 Å². The van der Waals surface area contributed by atoms with E-state index in [9.17, 15) is 9.59 Å². The number of benzene rings is 2. The summed E-state index contributed by atoms with van der Waals surface area (Å²) in [5.41, 5.74) is 1.71. The lowest BCUT2D eigenvalue weighted by atomic mass is 10.00. The quantitative estimate of drug-likeness (QED) is 0.607. The van der Waals surface area contributed by atoms with Gasteiger partial charge in [0.1, 0.15) is 5.75 Å². The molecule has 0 bridgehead atoms. The first-order valence-corrected chi connectivity index (χ1v) is 9.82. The molecule has 2 aromatic rings. The van der Waals surface area contributed by atoms with E-state index in [4.69, 9.17) is 17.0 Å². The van der Waals surface area contributed by atoms with Crippen LogP contribution in [0.25, 0.3) is 0 Å². The molecule has 1 fully saturated rings. The van der Waals surface area contributed by atoms with Gasteiger partial charge in [0.2, 0.25) is 0 Å². The summed E-state index contributed by atoms with van der Waals surface area (Å²) in [6, 6.07) is 13.8. The Morgan fingerprint density at radius 1 is 1.07 bits per heavy atom. The number of rotatable bonds is 4. The molecule has 1 aliphatic rings. The van der Waals surface area contributed by atoms with Gasteiger partial charge >= 0.3 is 0 Å². The minimum atomic E-state index is -0.251. The molecule has 0 aromatic heterocycles. The van der Waals surface area contributed by atoms with Gasteiger partial charge in [-0.15, -0.1) is 0 Å². The van der Waals surface area contributed by atoms with Crippen LogP contribution in [0.3, 0.4) is 0 Å². The fraction of sp³-hybridized carbons (Fsp3) is 0.318. The summed E-state index contributed by atoms with van der Waals surface area (Å²) in [6.07, 6.45) is 2.21. The average molecular weight is 397 g/mol. The molecule has 1 N–H and O–H groups in total. The second-order valence-electron chi connectivity index (χ2n) is 7.15. The number of carbonyl (C=O) groups excluding carboxylic acids is 2. The lowest BCUT2D eigenvalue weighted by molar-refractivity contribution is 0.101. The molecule has 1 heterocycles. The summed E-state index contributed by atoms with van der Waals surface area (Å²) < 4.78 is 5.81. The van der Waals surface area contributed by atoms with E-state index in [0.717, 1.165) is 31.8 Å². The lowest BCUT2D eigenvalue weighted by Gasteiger charge is -2.31. The zero-order valence-corrected chi connectivity index (χ0v) is 16.9. The highest BCUT2D eigenvalue weighted by Crippen LogP contribution is 2.20. The number of ketones is 1. The number of nitrogens with one attached hydrogen (secondary N) is 1. The molecule has 146 valence electrons. The van der Waals surface area contributed by atoms with E-state index >= 15 is 0 Å². The van der Waals surface area contributed by atoms with Crippen molar-refractivity contribution in [3.8, 4) is 5.75 Å². The van der Waals surface area contributed by atoms with Crippen molar-refractivity contribution in [2.24, 2.45) is 5.92 Å². The Morgan fingerprint density at radius 2 is 1.75 bits per heavy atom. The SMILES string of the molecule is CC(=O)c1ccc(NC(=O)c2cccc(OC(=S)N3CCC(C)CC3)c2)cc1. The number of amides is 1. The highest BCUT2D eigenvalue weighted by molar-refractivity contribution is 7.80. The van der Waals surface area contributed by atoms with Crippen LogP contribution in [0, 0.1) is 5.92 Å². The predicted octanol–water partition coefficient (Wildman–Crippen LogP) is 4.54. The molecule has 6 heteroatoms. The average Bonchev–Trinajstić information content (AvgIpc) is 2.69. The van der Waals surface area contributed by atoms with Crippen molar-refractivity contribution in [3.05, 3.63) is 59.7 Å². The van der Waals surface area contributed by atoms with Gasteiger partial charge in [0, 0.05) is 29.9 Å². The number of hydrogen-bond acceptors (Lipinski definition) is 4. The van der Waals surface area contributed by atoms with Gasteiger partial charge in [0.05, 0.1) is 0 Å². The number of anilines is 1. The van der Waals surface area contributed by atoms with Crippen LogP contribution in [0.5, 0.6) is 5.75 Å². The molecule has 1 aliphatic heterocycles. The molecule has 28 heavy (non-hydrogen) atoms. The van der Waals surface area contributed by atoms with Crippen molar-refractivity contribution in [2.75, 3.05) is 18.4 Å². The van der Waals surface area contributed by atoms with Gasteiger partial charge in [-0.1, -0.05) is 13.0 Å². The smallest absolute Gasteiger partial charge is 0.264 e. The summed E-state index contributed by atoms with van der Waals surface area (Å²) in [5, 5.41) is 3.27. The molecule has 2 aromatic carbocycles. The minimum absolute atomic E-state index is 0.0122. The number of likely N-dealkylation sites (tertiary alicyclic amines) is 1. The van der Waals surface area contributed by atoms with E-state index < -0.39 is 0 Å². The molecule has 5 nitrogen and oxygen atoms in total. The minimum Gasteiger partial charge on any atom is -0.432 e. The number of Topliss-reactive ketones (excluding diaryl/α,β-unsaturated/α-hetero) is 1. The lowest BCUT2D eigenvalue weighted by Crippen LogP contribution is -2.39. The molecule has 0 radical (unpaired) electrons. The van der Waals surface area contributed by atoms with Gasteiger partial charge in [0.25, 0.3) is 11.1 Å².